The summed E-state index contributed by atoms with van der Waals surface area (Å²) in [5, 5.41) is 2.49. The van der Waals surface area contributed by atoms with Gasteiger partial charge >= 0.3 is 0 Å². The quantitative estimate of drug-likeness (QED) is 0.637. The van der Waals surface area contributed by atoms with Crippen LogP contribution in [0, 0.1) is 6.92 Å². The van der Waals surface area contributed by atoms with Crippen LogP contribution >= 0.6 is 0 Å². The summed E-state index contributed by atoms with van der Waals surface area (Å²) in [6, 6.07) is 8.24. The molecule has 0 saturated carbocycles. The molecule has 3 rings (SSSR count). The molecule has 0 N–H and O–H groups in total. The molecular formula is C14H14N2O. The summed E-state index contributed by atoms with van der Waals surface area (Å²) in [5.41, 5.74) is 3.42. The monoisotopic (exact) mass is 226 g/mol. The zero-order valence-electron chi connectivity index (χ0n) is 10.2. The highest BCUT2D eigenvalue weighted by molar-refractivity contribution is 6.08. The summed E-state index contributed by atoms with van der Waals surface area (Å²) in [7, 11) is 3.76. The van der Waals surface area contributed by atoms with Crippen molar-refractivity contribution < 1.29 is 4.74 Å². The molecule has 0 unspecified atom stereocenters. The van der Waals surface area contributed by atoms with Crippen LogP contribution in [0.4, 0.5) is 0 Å². The van der Waals surface area contributed by atoms with Gasteiger partial charge in [-0.25, -0.2) is 0 Å². The Bertz CT molecular complexity index is 713. The second-order valence-electron chi connectivity index (χ2n) is 4.23. The Hall–Kier alpha value is -2.03. The van der Waals surface area contributed by atoms with E-state index in [1.807, 2.05) is 19.2 Å². The number of aryl methyl sites for hydroxylation is 2. The Labute approximate surface area is 99.6 Å². The van der Waals surface area contributed by atoms with Gasteiger partial charge in [-0.05, 0) is 25.1 Å². The summed E-state index contributed by atoms with van der Waals surface area (Å²) in [6.07, 6.45) is 1.86. The number of pyridine rings is 1. The first-order valence-corrected chi connectivity index (χ1v) is 5.60. The molecule has 17 heavy (non-hydrogen) atoms. The standard InChI is InChI=1S/C14H14N2O/c1-9-14-12(6-7-15-9)11-5-4-10(17-3)8-13(11)16(14)2/h4-8H,1-3H3. The lowest BCUT2D eigenvalue weighted by Crippen LogP contribution is -1.91. The fourth-order valence-corrected chi connectivity index (χ4v) is 2.46. The van der Waals surface area contributed by atoms with E-state index < -0.39 is 0 Å². The van der Waals surface area contributed by atoms with Crippen LogP contribution in [0.5, 0.6) is 5.75 Å². The Balaban J connectivity index is 2.53. The molecule has 0 aliphatic rings. The van der Waals surface area contributed by atoms with Crippen molar-refractivity contribution in [2.24, 2.45) is 7.05 Å². The van der Waals surface area contributed by atoms with Crippen molar-refractivity contribution in [3.05, 3.63) is 36.2 Å². The molecule has 0 fully saturated rings. The molecule has 3 aromatic rings. The van der Waals surface area contributed by atoms with Crippen molar-refractivity contribution in [3.8, 4) is 5.75 Å². The summed E-state index contributed by atoms with van der Waals surface area (Å²) < 4.78 is 7.45. The van der Waals surface area contributed by atoms with Gasteiger partial charge in [0.05, 0.1) is 23.8 Å². The van der Waals surface area contributed by atoms with E-state index in [2.05, 4.69) is 34.8 Å². The van der Waals surface area contributed by atoms with Crippen molar-refractivity contribution in [1.82, 2.24) is 9.55 Å². The molecule has 0 amide bonds. The highest BCUT2D eigenvalue weighted by Gasteiger charge is 2.10. The minimum Gasteiger partial charge on any atom is -0.497 e. The normalized spacial score (nSPS) is 11.2. The van der Waals surface area contributed by atoms with Crippen molar-refractivity contribution in [1.29, 1.82) is 0 Å². The number of aromatic nitrogens is 2. The van der Waals surface area contributed by atoms with E-state index in [1.165, 1.54) is 21.8 Å². The summed E-state index contributed by atoms with van der Waals surface area (Å²) >= 11 is 0. The van der Waals surface area contributed by atoms with Crippen molar-refractivity contribution in [3.63, 3.8) is 0 Å². The Morgan fingerprint density at radius 2 is 2.00 bits per heavy atom. The first-order valence-electron chi connectivity index (χ1n) is 5.60. The number of fused-ring (bicyclic) bond motifs is 3. The van der Waals surface area contributed by atoms with E-state index in [9.17, 15) is 0 Å². The zero-order valence-corrected chi connectivity index (χ0v) is 10.2. The van der Waals surface area contributed by atoms with Gasteiger partial charge in [0.1, 0.15) is 5.75 Å². The van der Waals surface area contributed by atoms with E-state index in [0.717, 1.165) is 11.4 Å². The SMILES string of the molecule is COc1ccc2c3ccnc(C)c3n(C)c2c1. The molecule has 0 aliphatic carbocycles. The van der Waals surface area contributed by atoms with Crippen LogP contribution in [0.1, 0.15) is 5.69 Å². The molecular weight excluding hydrogens is 212 g/mol. The predicted octanol–water partition coefficient (Wildman–Crippen LogP) is 3.04. The Morgan fingerprint density at radius 1 is 1.18 bits per heavy atom. The van der Waals surface area contributed by atoms with Crippen LogP contribution in [0.15, 0.2) is 30.5 Å². The topological polar surface area (TPSA) is 27.1 Å². The molecule has 0 saturated heterocycles. The fraction of sp³-hybridized carbons (Fsp3) is 0.214. The fourth-order valence-electron chi connectivity index (χ4n) is 2.46. The number of nitrogens with zero attached hydrogens (tertiary/aromatic N) is 2. The summed E-state index contributed by atoms with van der Waals surface area (Å²) in [4.78, 5) is 4.35. The van der Waals surface area contributed by atoms with Gasteiger partial charge in [-0.15, -0.1) is 0 Å². The molecule has 3 heteroatoms. The molecule has 0 spiro atoms. The molecule has 0 bridgehead atoms. The number of methoxy groups -OCH3 is 1. The third-order valence-electron chi connectivity index (χ3n) is 3.30. The maximum absolute atomic E-state index is 5.27. The van der Waals surface area contributed by atoms with E-state index in [4.69, 9.17) is 4.74 Å². The zero-order chi connectivity index (χ0) is 12.0. The van der Waals surface area contributed by atoms with Crippen LogP contribution in [-0.2, 0) is 7.05 Å². The number of ether oxygens (including phenoxy) is 1. The van der Waals surface area contributed by atoms with Crippen LogP contribution in [0.25, 0.3) is 21.8 Å². The predicted molar refractivity (Wildman–Crippen MR) is 69.5 cm³/mol. The molecule has 0 aliphatic heterocycles. The Morgan fingerprint density at radius 3 is 2.76 bits per heavy atom. The molecule has 0 radical (unpaired) electrons. The minimum absolute atomic E-state index is 0.883. The number of benzene rings is 1. The summed E-state index contributed by atoms with van der Waals surface area (Å²) in [6.45, 7) is 2.04. The largest absolute Gasteiger partial charge is 0.497 e. The van der Waals surface area contributed by atoms with Crippen LogP contribution in [0.2, 0.25) is 0 Å². The average Bonchev–Trinajstić information content (AvgIpc) is 2.64. The van der Waals surface area contributed by atoms with Crippen LogP contribution < -0.4 is 4.74 Å². The lowest BCUT2D eigenvalue weighted by Gasteiger charge is -2.02. The third-order valence-corrected chi connectivity index (χ3v) is 3.30. The first-order chi connectivity index (χ1) is 8.22. The lowest BCUT2D eigenvalue weighted by molar-refractivity contribution is 0.415. The number of hydrogen-bond acceptors (Lipinski definition) is 2. The number of rotatable bonds is 1. The van der Waals surface area contributed by atoms with Crippen molar-refractivity contribution in [2.45, 2.75) is 6.92 Å². The average molecular weight is 226 g/mol. The Kier molecular flexibility index (Phi) is 2.08. The molecule has 2 heterocycles. The molecule has 1 aromatic carbocycles. The lowest BCUT2D eigenvalue weighted by atomic mass is 10.1. The van der Waals surface area contributed by atoms with Crippen molar-refractivity contribution in [2.75, 3.05) is 7.11 Å². The minimum atomic E-state index is 0.883. The van der Waals surface area contributed by atoms with Gasteiger partial charge in [0.15, 0.2) is 0 Å². The van der Waals surface area contributed by atoms with Gasteiger partial charge in [-0.2, -0.15) is 0 Å². The van der Waals surface area contributed by atoms with E-state index in [0.29, 0.717) is 0 Å². The molecule has 3 nitrogen and oxygen atoms in total. The highest BCUT2D eigenvalue weighted by atomic mass is 16.5. The molecule has 2 aromatic heterocycles. The van der Waals surface area contributed by atoms with Gasteiger partial charge in [0.25, 0.3) is 0 Å². The van der Waals surface area contributed by atoms with Gasteiger partial charge < -0.3 is 9.30 Å². The van der Waals surface area contributed by atoms with Gasteiger partial charge in [0, 0.05) is 30.1 Å². The van der Waals surface area contributed by atoms with Crippen molar-refractivity contribution >= 4 is 21.8 Å². The van der Waals surface area contributed by atoms with E-state index in [-0.39, 0.29) is 0 Å². The highest BCUT2D eigenvalue weighted by Crippen LogP contribution is 2.31. The van der Waals surface area contributed by atoms with Gasteiger partial charge in [-0.1, -0.05) is 0 Å². The second kappa shape index (κ2) is 3.48. The number of hydrogen-bond donors (Lipinski definition) is 0. The van der Waals surface area contributed by atoms with Gasteiger partial charge in [0.2, 0.25) is 0 Å². The second-order valence-corrected chi connectivity index (χ2v) is 4.23. The van der Waals surface area contributed by atoms with Crippen LogP contribution in [0.3, 0.4) is 0 Å². The summed E-state index contributed by atoms with van der Waals surface area (Å²) in [5.74, 6) is 0.883. The van der Waals surface area contributed by atoms with E-state index >= 15 is 0 Å². The smallest absolute Gasteiger partial charge is 0.120 e. The third kappa shape index (κ3) is 1.32. The van der Waals surface area contributed by atoms with Gasteiger partial charge in [-0.3, -0.25) is 4.98 Å². The van der Waals surface area contributed by atoms with E-state index in [1.54, 1.807) is 7.11 Å². The maximum atomic E-state index is 5.27. The molecule has 0 atom stereocenters. The first kappa shape index (κ1) is 10.1. The molecule has 86 valence electrons. The van der Waals surface area contributed by atoms with Crippen LogP contribution in [-0.4, -0.2) is 16.7 Å². The maximum Gasteiger partial charge on any atom is 0.120 e.